The molecule has 0 aromatic heterocycles. The van der Waals surface area contributed by atoms with E-state index in [0.29, 0.717) is 23.5 Å². The average Bonchev–Trinajstić information content (AvgIpc) is 3.27. The molecule has 11 heteroatoms. The molecule has 0 bridgehead atoms. The Labute approximate surface area is 280 Å². The van der Waals surface area contributed by atoms with Gasteiger partial charge in [-0.2, -0.15) is 4.31 Å². The number of amides is 1. The van der Waals surface area contributed by atoms with Gasteiger partial charge in [0.05, 0.1) is 30.5 Å². The summed E-state index contributed by atoms with van der Waals surface area (Å²) in [5, 5.41) is 11.8. The van der Waals surface area contributed by atoms with Crippen molar-refractivity contribution in [1.82, 2.24) is 9.21 Å². The Morgan fingerprint density at radius 1 is 1.00 bits per heavy atom. The quantitative estimate of drug-likeness (QED) is 0.271. The van der Waals surface area contributed by atoms with Crippen LogP contribution in [0.5, 0.6) is 0 Å². The van der Waals surface area contributed by atoms with Crippen LogP contribution < -0.4 is 0 Å². The number of ether oxygens (including phenoxy) is 3. The van der Waals surface area contributed by atoms with Gasteiger partial charge in [0.1, 0.15) is 24.0 Å². The number of hydrogen-bond acceptors (Lipinski definition) is 8. The first kappa shape index (κ1) is 36.8. The minimum atomic E-state index is -4.36. The lowest BCUT2D eigenvalue weighted by atomic mass is 9.83. The second-order valence-electron chi connectivity index (χ2n) is 14.1. The highest BCUT2D eigenvalue weighted by molar-refractivity contribution is 7.89. The van der Waals surface area contributed by atoms with Crippen LogP contribution in [0, 0.1) is 5.92 Å². The van der Waals surface area contributed by atoms with E-state index >= 15 is 0 Å². The normalized spacial score (nSPS) is 21.2. The monoisotopic (exact) mass is 672 g/mol. The topological polar surface area (TPSA) is 123 Å². The van der Waals surface area contributed by atoms with E-state index in [1.54, 1.807) is 46.4 Å². The molecule has 1 saturated heterocycles. The van der Waals surface area contributed by atoms with E-state index in [-0.39, 0.29) is 6.61 Å². The molecule has 1 aliphatic heterocycles. The summed E-state index contributed by atoms with van der Waals surface area (Å²) in [4.78, 5) is 28.1. The third kappa shape index (κ3) is 9.55. The Bertz CT molecular complexity index is 1380. The zero-order valence-corrected chi connectivity index (χ0v) is 29.4. The SMILES string of the molecule is CCOC(=O)CN(C(c1ccccc1)c1ccccc1)S(=O)(=O)CC(O)[C@@H]1OC(C)(C)N(C(=O)OC(C)(C)C)[C@@H]1CC1CCCCC1. The molecular formula is C36H52N2O8S. The number of esters is 1. The highest BCUT2D eigenvalue weighted by Crippen LogP contribution is 2.41. The first-order valence-electron chi connectivity index (χ1n) is 16.8. The van der Waals surface area contributed by atoms with Crippen LogP contribution >= 0.6 is 0 Å². The van der Waals surface area contributed by atoms with Gasteiger partial charge >= 0.3 is 12.1 Å². The molecule has 2 aliphatic rings. The van der Waals surface area contributed by atoms with Gasteiger partial charge in [0, 0.05) is 0 Å². The molecule has 0 spiro atoms. The molecule has 3 atom stereocenters. The second kappa shape index (κ2) is 15.5. The number of hydrogen-bond donors (Lipinski definition) is 1. The number of carbonyl (C=O) groups is 2. The van der Waals surface area contributed by atoms with Gasteiger partial charge in [-0.05, 0) is 65.0 Å². The Balaban J connectivity index is 1.71. The van der Waals surface area contributed by atoms with E-state index < -0.39 is 70.0 Å². The van der Waals surface area contributed by atoms with Gasteiger partial charge in [0.2, 0.25) is 10.0 Å². The Morgan fingerprint density at radius 3 is 2.06 bits per heavy atom. The minimum absolute atomic E-state index is 0.0883. The summed E-state index contributed by atoms with van der Waals surface area (Å²) in [6.07, 6.45) is 2.75. The summed E-state index contributed by atoms with van der Waals surface area (Å²) in [7, 11) is -4.36. The fraction of sp³-hybridized carbons (Fsp3) is 0.611. The number of rotatable bonds is 12. The summed E-state index contributed by atoms with van der Waals surface area (Å²) in [6.45, 7) is 10.0. The highest BCUT2D eigenvalue weighted by Gasteiger charge is 2.54. The van der Waals surface area contributed by atoms with Crippen molar-refractivity contribution in [1.29, 1.82) is 0 Å². The summed E-state index contributed by atoms with van der Waals surface area (Å²) in [5.41, 5.74) is -0.616. The third-order valence-corrected chi connectivity index (χ3v) is 10.6. The number of aliphatic hydroxyl groups excluding tert-OH is 1. The van der Waals surface area contributed by atoms with Crippen molar-refractivity contribution < 1.29 is 37.3 Å². The van der Waals surface area contributed by atoms with Crippen LogP contribution in [0.4, 0.5) is 4.79 Å². The zero-order chi connectivity index (χ0) is 34.4. The maximum atomic E-state index is 14.5. The van der Waals surface area contributed by atoms with Crippen molar-refractivity contribution in [3.63, 3.8) is 0 Å². The van der Waals surface area contributed by atoms with E-state index in [9.17, 15) is 23.1 Å². The van der Waals surface area contributed by atoms with Crippen LogP contribution in [0.3, 0.4) is 0 Å². The van der Waals surface area contributed by atoms with E-state index in [4.69, 9.17) is 14.2 Å². The fourth-order valence-electron chi connectivity index (χ4n) is 6.91. The van der Waals surface area contributed by atoms with Crippen LogP contribution in [0.15, 0.2) is 60.7 Å². The van der Waals surface area contributed by atoms with Crippen molar-refractivity contribution in [2.75, 3.05) is 18.9 Å². The lowest BCUT2D eigenvalue weighted by molar-refractivity contribution is -0.143. The highest BCUT2D eigenvalue weighted by atomic mass is 32.2. The number of nitrogens with zero attached hydrogens (tertiary/aromatic N) is 2. The third-order valence-electron chi connectivity index (χ3n) is 8.83. The summed E-state index contributed by atoms with van der Waals surface area (Å²) < 4.78 is 47.5. The lowest BCUT2D eigenvalue weighted by Crippen LogP contribution is -2.52. The lowest BCUT2D eigenvalue weighted by Gasteiger charge is -2.37. The molecule has 1 aliphatic carbocycles. The van der Waals surface area contributed by atoms with Crippen molar-refractivity contribution >= 4 is 22.1 Å². The van der Waals surface area contributed by atoms with Gasteiger partial charge in [0.15, 0.2) is 0 Å². The van der Waals surface area contributed by atoms with Crippen LogP contribution in [-0.4, -0.2) is 83.3 Å². The molecule has 47 heavy (non-hydrogen) atoms. The molecular weight excluding hydrogens is 620 g/mol. The van der Waals surface area contributed by atoms with E-state index in [0.717, 1.165) is 36.4 Å². The van der Waals surface area contributed by atoms with Gasteiger partial charge in [-0.1, -0.05) is 92.8 Å². The molecule has 1 saturated carbocycles. The van der Waals surface area contributed by atoms with Crippen molar-refractivity contribution in [3.8, 4) is 0 Å². The predicted molar refractivity (Wildman–Crippen MR) is 180 cm³/mol. The first-order chi connectivity index (χ1) is 22.1. The molecule has 1 amide bonds. The van der Waals surface area contributed by atoms with E-state index in [1.165, 1.54) is 0 Å². The molecule has 10 nitrogen and oxygen atoms in total. The standard InChI is InChI=1S/C36H52N2O8S/c1-7-44-31(40)24-37(32(27-19-13-9-14-20-27)28-21-15-10-16-22-28)47(42,43)25-30(39)33-29(23-26-17-11-8-12-18-26)38(36(5,6)45-33)34(41)46-35(2,3)4/h9-10,13-16,19-22,26,29-30,32-33,39H,7-8,11-12,17-18,23-25H2,1-6H3/t29-,30?,33-/m1/s1. The van der Waals surface area contributed by atoms with Crippen molar-refractivity contribution in [2.24, 2.45) is 5.92 Å². The van der Waals surface area contributed by atoms with Crippen LogP contribution in [-0.2, 0) is 29.0 Å². The van der Waals surface area contributed by atoms with Crippen molar-refractivity contribution in [3.05, 3.63) is 71.8 Å². The Kier molecular flexibility index (Phi) is 12.1. The number of carbonyl (C=O) groups excluding carboxylic acids is 2. The molecule has 1 unspecified atom stereocenters. The van der Waals surface area contributed by atoms with Crippen LogP contribution in [0.2, 0.25) is 0 Å². The molecule has 4 rings (SSSR count). The van der Waals surface area contributed by atoms with Gasteiger partial charge in [-0.3, -0.25) is 9.69 Å². The minimum Gasteiger partial charge on any atom is -0.465 e. The maximum Gasteiger partial charge on any atom is 0.412 e. The molecule has 2 fully saturated rings. The fourth-order valence-corrected chi connectivity index (χ4v) is 8.59. The van der Waals surface area contributed by atoms with Crippen LogP contribution in [0.1, 0.15) is 97.2 Å². The molecule has 1 N–H and O–H groups in total. The maximum absolute atomic E-state index is 14.5. The molecule has 1 heterocycles. The number of sulfonamides is 1. The molecule has 0 radical (unpaired) electrons. The van der Waals surface area contributed by atoms with Crippen molar-refractivity contribution in [2.45, 2.75) is 116 Å². The smallest absolute Gasteiger partial charge is 0.412 e. The molecule has 2 aromatic carbocycles. The number of aliphatic hydroxyl groups is 1. The Hall–Kier alpha value is -2.99. The van der Waals surface area contributed by atoms with Crippen LogP contribution in [0.25, 0.3) is 0 Å². The van der Waals surface area contributed by atoms with Gasteiger partial charge in [0.25, 0.3) is 0 Å². The van der Waals surface area contributed by atoms with Gasteiger partial charge < -0.3 is 19.3 Å². The molecule has 260 valence electrons. The second-order valence-corrected chi connectivity index (χ2v) is 16.1. The predicted octanol–water partition coefficient (Wildman–Crippen LogP) is 6.04. The van der Waals surface area contributed by atoms with Gasteiger partial charge in [-0.25, -0.2) is 13.2 Å². The molecule has 2 aromatic rings. The summed E-state index contributed by atoms with van der Waals surface area (Å²) in [6, 6.07) is 16.7. The summed E-state index contributed by atoms with van der Waals surface area (Å²) >= 11 is 0. The Morgan fingerprint density at radius 2 is 1.55 bits per heavy atom. The van der Waals surface area contributed by atoms with Gasteiger partial charge in [-0.15, -0.1) is 0 Å². The van der Waals surface area contributed by atoms with E-state index in [2.05, 4.69) is 0 Å². The number of benzene rings is 2. The summed E-state index contributed by atoms with van der Waals surface area (Å²) in [5.74, 6) is -1.14. The first-order valence-corrected chi connectivity index (χ1v) is 18.4. The largest absolute Gasteiger partial charge is 0.465 e. The average molecular weight is 673 g/mol. The zero-order valence-electron chi connectivity index (χ0n) is 28.6. The van der Waals surface area contributed by atoms with E-state index in [1.807, 2.05) is 60.7 Å².